The van der Waals surface area contributed by atoms with Gasteiger partial charge in [-0.2, -0.15) is 8.42 Å². The molecule has 164 valence electrons. The topological polar surface area (TPSA) is 108 Å². The van der Waals surface area contributed by atoms with Gasteiger partial charge in [-0.05, 0) is 43.2 Å². The van der Waals surface area contributed by atoms with Gasteiger partial charge in [-0.15, -0.1) is 4.40 Å². The van der Waals surface area contributed by atoms with Crippen LogP contribution in [0.25, 0.3) is 0 Å². The van der Waals surface area contributed by atoms with Crippen molar-refractivity contribution in [2.45, 2.75) is 37.8 Å². The summed E-state index contributed by atoms with van der Waals surface area (Å²) in [6.07, 6.45) is 0.839. The molecule has 2 aromatic rings. The molecule has 2 N–H and O–H groups in total. The molecular weight excluding hydrogens is 416 g/mol. The van der Waals surface area contributed by atoms with Gasteiger partial charge in [0.2, 0.25) is 5.91 Å². The number of likely N-dealkylation sites (N-methyl/N-ethyl adjacent to an activating group) is 1. The first-order valence-corrected chi connectivity index (χ1v) is 11.5. The third kappa shape index (κ3) is 5.29. The van der Waals surface area contributed by atoms with Crippen LogP contribution in [0.3, 0.4) is 0 Å². The Morgan fingerprint density at radius 1 is 1.13 bits per heavy atom. The molecule has 9 heteroatoms. The lowest BCUT2D eigenvalue weighted by Gasteiger charge is -2.18. The van der Waals surface area contributed by atoms with E-state index >= 15 is 0 Å². The number of carbonyl (C=O) groups is 2. The van der Waals surface area contributed by atoms with Crippen LogP contribution in [-0.2, 0) is 21.4 Å². The van der Waals surface area contributed by atoms with Crippen LogP contribution >= 0.6 is 0 Å². The molecular formula is C22H26N4O4S. The normalized spacial score (nSPS) is 14.9. The van der Waals surface area contributed by atoms with E-state index in [0.717, 1.165) is 12.0 Å². The number of hydrogen-bond donors (Lipinski definition) is 2. The maximum absolute atomic E-state index is 12.4. The predicted octanol–water partition coefficient (Wildman–Crippen LogP) is 1.91. The summed E-state index contributed by atoms with van der Waals surface area (Å²) < 4.78 is 28.2. The fraction of sp³-hybridized carbons (Fsp3) is 0.318. The predicted molar refractivity (Wildman–Crippen MR) is 118 cm³/mol. The second-order valence-corrected chi connectivity index (χ2v) is 9.07. The van der Waals surface area contributed by atoms with E-state index in [4.69, 9.17) is 0 Å². The Morgan fingerprint density at radius 3 is 2.61 bits per heavy atom. The summed E-state index contributed by atoms with van der Waals surface area (Å²) in [7, 11) is -2.12. The van der Waals surface area contributed by atoms with Crippen LogP contribution in [0, 0.1) is 0 Å². The first-order valence-electron chi connectivity index (χ1n) is 10.0. The Kier molecular flexibility index (Phi) is 6.74. The highest BCUT2D eigenvalue weighted by atomic mass is 32.2. The molecule has 0 saturated carbocycles. The molecule has 0 aliphatic carbocycles. The molecule has 2 aromatic carbocycles. The third-order valence-corrected chi connectivity index (χ3v) is 6.35. The van der Waals surface area contributed by atoms with E-state index in [-0.39, 0.29) is 41.7 Å². The summed E-state index contributed by atoms with van der Waals surface area (Å²) in [5.74, 6) is -0.197. The number of rotatable bonds is 7. The molecule has 1 aliphatic rings. The average molecular weight is 443 g/mol. The maximum Gasteiger partial charge on any atom is 0.285 e. The molecule has 8 nitrogen and oxygen atoms in total. The van der Waals surface area contributed by atoms with Gasteiger partial charge in [0.05, 0.1) is 6.54 Å². The molecule has 1 aliphatic heterocycles. The minimum atomic E-state index is -3.74. The van der Waals surface area contributed by atoms with Crippen molar-refractivity contribution in [1.29, 1.82) is 0 Å². The highest BCUT2D eigenvalue weighted by Crippen LogP contribution is 2.26. The molecule has 1 unspecified atom stereocenters. The molecule has 0 spiro atoms. The van der Waals surface area contributed by atoms with Gasteiger partial charge >= 0.3 is 0 Å². The van der Waals surface area contributed by atoms with Gasteiger partial charge in [0.1, 0.15) is 4.90 Å². The lowest BCUT2D eigenvalue weighted by Crippen LogP contribution is -2.38. The van der Waals surface area contributed by atoms with Gasteiger partial charge in [0.25, 0.3) is 15.9 Å². The largest absolute Gasteiger partial charge is 0.350 e. The second-order valence-electron chi connectivity index (χ2n) is 7.50. The van der Waals surface area contributed by atoms with E-state index in [0.29, 0.717) is 11.1 Å². The van der Waals surface area contributed by atoms with Crippen molar-refractivity contribution in [3.63, 3.8) is 0 Å². The van der Waals surface area contributed by atoms with Crippen molar-refractivity contribution in [2.75, 3.05) is 13.6 Å². The van der Waals surface area contributed by atoms with Crippen molar-refractivity contribution in [2.24, 2.45) is 4.40 Å². The molecule has 1 heterocycles. The van der Waals surface area contributed by atoms with E-state index in [9.17, 15) is 18.0 Å². The zero-order valence-electron chi connectivity index (χ0n) is 17.8. The standard InChI is InChI=1S/C22H26N4O4S/c1-4-15(2)24-22(28)17-9-7-8-16(12-17)13-23-20(27)14-26(3)21-18-10-5-6-11-19(18)31(29,30)25-21/h5-12,15H,4,13-14H2,1-3H3,(H,23,27)(H,24,28). The van der Waals surface area contributed by atoms with Gasteiger partial charge in [-0.1, -0.05) is 31.2 Å². The number of nitrogens with one attached hydrogen (secondary N) is 2. The SMILES string of the molecule is CCC(C)NC(=O)c1cccc(CNC(=O)CN(C)C2=NS(=O)(=O)c3ccccc32)c1. The van der Waals surface area contributed by atoms with E-state index in [1.165, 1.54) is 11.0 Å². The number of hydrogen-bond acceptors (Lipinski definition) is 5. The van der Waals surface area contributed by atoms with E-state index in [1.54, 1.807) is 43.4 Å². The highest BCUT2D eigenvalue weighted by molar-refractivity contribution is 7.90. The zero-order chi connectivity index (χ0) is 22.6. The highest BCUT2D eigenvalue weighted by Gasteiger charge is 2.30. The number of nitrogens with zero attached hydrogens (tertiary/aromatic N) is 2. The van der Waals surface area contributed by atoms with Crippen LogP contribution in [0.2, 0.25) is 0 Å². The fourth-order valence-electron chi connectivity index (χ4n) is 3.14. The van der Waals surface area contributed by atoms with Crippen LogP contribution < -0.4 is 10.6 Å². The summed E-state index contributed by atoms with van der Waals surface area (Å²) in [6, 6.07) is 13.7. The number of amides is 2. The molecule has 31 heavy (non-hydrogen) atoms. The molecule has 0 aromatic heterocycles. The van der Waals surface area contributed by atoms with E-state index in [2.05, 4.69) is 15.0 Å². The Balaban J connectivity index is 1.60. The molecule has 1 atom stereocenters. The number of sulfonamides is 1. The minimum Gasteiger partial charge on any atom is -0.350 e. The fourth-order valence-corrected chi connectivity index (χ4v) is 4.39. The van der Waals surface area contributed by atoms with Crippen molar-refractivity contribution in [3.05, 3.63) is 65.2 Å². The molecule has 2 amide bonds. The summed E-state index contributed by atoms with van der Waals surface area (Å²) in [4.78, 5) is 26.4. The van der Waals surface area contributed by atoms with Crippen molar-refractivity contribution >= 4 is 27.7 Å². The number of fused-ring (bicyclic) bond motifs is 1. The first kappa shape index (κ1) is 22.5. The van der Waals surface area contributed by atoms with Crippen LogP contribution in [0.5, 0.6) is 0 Å². The van der Waals surface area contributed by atoms with Gasteiger partial charge < -0.3 is 15.5 Å². The Hall–Kier alpha value is -3.20. The third-order valence-electron chi connectivity index (χ3n) is 5.02. The molecule has 0 radical (unpaired) electrons. The Bertz CT molecular complexity index is 1130. The van der Waals surface area contributed by atoms with Crippen molar-refractivity contribution in [1.82, 2.24) is 15.5 Å². The van der Waals surface area contributed by atoms with Crippen LogP contribution in [0.1, 0.15) is 41.8 Å². The molecule has 0 fully saturated rings. The lowest BCUT2D eigenvalue weighted by atomic mass is 10.1. The Labute approximate surface area is 182 Å². The summed E-state index contributed by atoms with van der Waals surface area (Å²) >= 11 is 0. The van der Waals surface area contributed by atoms with Gasteiger partial charge in [0.15, 0.2) is 5.84 Å². The lowest BCUT2D eigenvalue weighted by molar-refractivity contribution is -0.121. The van der Waals surface area contributed by atoms with Crippen LogP contribution in [0.15, 0.2) is 57.8 Å². The maximum atomic E-state index is 12.4. The van der Waals surface area contributed by atoms with Crippen LogP contribution in [0.4, 0.5) is 0 Å². The van der Waals surface area contributed by atoms with Gasteiger partial charge in [-0.25, -0.2) is 0 Å². The minimum absolute atomic E-state index is 0.0587. The van der Waals surface area contributed by atoms with Crippen molar-refractivity contribution in [3.8, 4) is 0 Å². The van der Waals surface area contributed by atoms with E-state index in [1.807, 2.05) is 19.9 Å². The zero-order valence-corrected chi connectivity index (χ0v) is 18.6. The summed E-state index contributed by atoms with van der Waals surface area (Å²) in [5.41, 5.74) is 1.81. The quantitative estimate of drug-likeness (QED) is 0.681. The molecule has 0 saturated heterocycles. The summed E-state index contributed by atoms with van der Waals surface area (Å²) in [6.45, 7) is 4.13. The average Bonchev–Trinajstić information content (AvgIpc) is 3.03. The van der Waals surface area contributed by atoms with Gasteiger partial charge in [-0.3, -0.25) is 9.59 Å². The number of amidine groups is 1. The second kappa shape index (κ2) is 9.30. The Morgan fingerprint density at radius 2 is 1.87 bits per heavy atom. The van der Waals surface area contributed by atoms with Crippen LogP contribution in [-0.4, -0.2) is 50.6 Å². The van der Waals surface area contributed by atoms with Crippen molar-refractivity contribution < 1.29 is 18.0 Å². The smallest absolute Gasteiger partial charge is 0.285 e. The number of benzene rings is 2. The molecule has 0 bridgehead atoms. The number of carbonyl (C=O) groups excluding carboxylic acids is 2. The summed E-state index contributed by atoms with van der Waals surface area (Å²) in [5, 5.41) is 5.71. The van der Waals surface area contributed by atoms with E-state index < -0.39 is 10.0 Å². The monoisotopic (exact) mass is 442 g/mol. The molecule has 3 rings (SSSR count). The van der Waals surface area contributed by atoms with Gasteiger partial charge in [0, 0.05) is 30.8 Å². The first-order chi connectivity index (χ1) is 14.7.